The summed E-state index contributed by atoms with van der Waals surface area (Å²) in [6.07, 6.45) is 1.24. The number of fused-ring (bicyclic) bond motifs is 3. The number of nitrogens with zero attached hydrogens (tertiary/aromatic N) is 2. The van der Waals surface area contributed by atoms with Gasteiger partial charge < -0.3 is 9.80 Å². The fourth-order valence-corrected chi connectivity index (χ4v) is 3.84. The summed E-state index contributed by atoms with van der Waals surface area (Å²) in [4.78, 5) is 5.03. The van der Waals surface area contributed by atoms with Gasteiger partial charge in [-0.3, -0.25) is 0 Å². The van der Waals surface area contributed by atoms with Crippen molar-refractivity contribution >= 4 is 23.8 Å². The molecule has 0 saturated carbocycles. The Morgan fingerprint density at radius 3 is 2.48 bits per heavy atom. The molecule has 1 saturated heterocycles. The molecule has 1 fully saturated rings. The van der Waals surface area contributed by atoms with Gasteiger partial charge in [0, 0.05) is 29.9 Å². The SMILES string of the molecule is CN1CC[C@H]2[C@H](C1)c1ccccc1N2c1ccccc1.Cl. The van der Waals surface area contributed by atoms with E-state index >= 15 is 0 Å². The molecule has 2 atom stereocenters. The van der Waals surface area contributed by atoms with Crippen LogP contribution < -0.4 is 4.90 Å². The van der Waals surface area contributed by atoms with E-state index in [1.165, 1.54) is 36.4 Å². The molecule has 3 heteroatoms. The Morgan fingerprint density at radius 1 is 0.952 bits per heavy atom. The number of para-hydroxylation sites is 2. The molecule has 0 bridgehead atoms. The van der Waals surface area contributed by atoms with Gasteiger partial charge in [0.05, 0.1) is 0 Å². The van der Waals surface area contributed by atoms with Crippen LogP contribution >= 0.6 is 12.4 Å². The lowest BCUT2D eigenvalue weighted by Gasteiger charge is -2.37. The maximum atomic E-state index is 2.56. The number of rotatable bonds is 1. The fourth-order valence-electron chi connectivity index (χ4n) is 3.84. The number of anilines is 2. The summed E-state index contributed by atoms with van der Waals surface area (Å²) in [5.74, 6) is 0.644. The third-order valence-electron chi connectivity index (χ3n) is 4.74. The standard InChI is InChI=1S/C18H20N2.ClH/c1-19-12-11-18-16(13-19)15-9-5-6-10-17(15)20(18)14-7-3-2-4-8-14;/h2-10,16,18H,11-13H2,1H3;1H/t16-,18+;/m1./s1. The number of piperidine rings is 1. The first kappa shape index (κ1) is 14.4. The van der Waals surface area contributed by atoms with Crippen molar-refractivity contribution < 1.29 is 0 Å². The van der Waals surface area contributed by atoms with Crippen LogP contribution in [-0.2, 0) is 0 Å². The summed E-state index contributed by atoms with van der Waals surface area (Å²) in [5.41, 5.74) is 4.26. The number of hydrogen-bond acceptors (Lipinski definition) is 2. The summed E-state index contributed by atoms with van der Waals surface area (Å²) in [5, 5.41) is 0. The van der Waals surface area contributed by atoms with Crippen LogP contribution in [0.4, 0.5) is 11.4 Å². The van der Waals surface area contributed by atoms with E-state index in [4.69, 9.17) is 0 Å². The Labute approximate surface area is 132 Å². The Kier molecular flexibility index (Phi) is 3.92. The van der Waals surface area contributed by atoms with Gasteiger partial charge in [0.1, 0.15) is 0 Å². The normalized spacial score (nSPS) is 24.1. The average Bonchev–Trinajstić information content (AvgIpc) is 2.82. The minimum atomic E-state index is 0. The zero-order valence-electron chi connectivity index (χ0n) is 12.3. The predicted octanol–water partition coefficient (Wildman–Crippen LogP) is 4.05. The lowest BCUT2D eigenvalue weighted by molar-refractivity contribution is 0.236. The lowest BCUT2D eigenvalue weighted by atomic mass is 9.89. The third kappa shape index (κ3) is 2.33. The zero-order valence-corrected chi connectivity index (χ0v) is 13.1. The van der Waals surface area contributed by atoms with Gasteiger partial charge in [-0.15, -0.1) is 12.4 Å². The summed E-state index contributed by atoms with van der Waals surface area (Å²) >= 11 is 0. The van der Waals surface area contributed by atoms with Crippen LogP contribution in [0, 0.1) is 0 Å². The summed E-state index contributed by atoms with van der Waals surface area (Å²) in [7, 11) is 2.24. The largest absolute Gasteiger partial charge is 0.337 e. The molecule has 0 unspecified atom stereocenters. The molecule has 21 heavy (non-hydrogen) atoms. The Balaban J connectivity index is 0.00000132. The Hall–Kier alpha value is -1.51. The van der Waals surface area contributed by atoms with Crippen LogP contribution in [0.25, 0.3) is 0 Å². The van der Waals surface area contributed by atoms with Gasteiger partial charge in [-0.25, -0.2) is 0 Å². The molecule has 0 aliphatic carbocycles. The molecule has 2 aliphatic heterocycles. The van der Waals surface area contributed by atoms with Gasteiger partial charge >= 0.3 is 0 Å². The first-order valence-corrected chi connectivity index (χ1v) is 7.46. The second-order valence-electron chi connectivity index (χ2n) is 5.99. The van der Waals surface area contributed by atoms with Crippen LogP contribution in [-0.4, -0.2) is 31.1 Å². The molecule has 2 aromatic rings. The fraction of sp³-hybridized carbons (Fsp3) is 0.333. The van der Waals surface area contributed by atoms with E-state index in [2.05, 4.69) is 71.4 Å². The smallest absolute Gasteiger partial charge is 0.0450 e. The second kappa shape index (κ2) is 5.70. The van der Waals surface area contributed by atoms with Crippen LogP contribution in [0.15, 0.2) is 54.6 Å². The first-order valence-electron chi connectivity index (χ1n) is 7.46. The molecular formula is C18H21ClN2. The highest BCUT2D eigenvalue weighted by Crippen LogP contribution is 2.47. The lowest BCUT2D eigenvalue weighted by Crippen LogP contribution is -2.43. The van der Waals surface area contributed by atoms with Crippen LogP contribution in [0.3, 0.4) is 0 Å². The molecule has 0 amide bonds. The van der Waals surface area contributed by atoms with Crippen molar-refractivity contribution in [2.75, 3.05) is 25.0 Å². The number of halogens is 1. The topological polar surface area (TPSA) is 6.48 Å². The third-order valence-corrected chi connectivity index (χ3v) is 4.74. The van der Waals surface area contributed by atoms with Crippen LogP contribution in [0.2, 0.25) is 0 Å². The molecule has 2 heterocycles. The second-order valence-corrected chi connectivity index (χ2v) is 5.99. The molecule has 0 aromatic heterocycles. The quantitative estimate of drug-likeness (QED) is 0.784. The zero-order chi connectivity index (χ0) is 13.5. The van der Waals surface area contributed by atoms with E-state index in [9.17, 15) is 0 Å². The van der Waals surface area contributed by atoms with Gasteiger partial charge in [0.25, 0.3) is 0 Å². The number of likely N-dealkylation sites (tertiary alicyclic amines) is 1. The van der Waals surface area contributed by atoms with Crippen molar-refractivity contribution in [3.63, 3.8) is 0 Å². The van der Waals surface area contributed by atoms with Crippen molar-refractivity contribution in [2.45, 2.75) is 18.4 Å². The highest BCUT2D eigenvalue weighted by atomic mass is 35.5. The van der Waals surface area contributed by atoms with E-state index in [1.807, 2.05) is 0 Å². The molecule has 110 valence electrons. The maximum Gasteiger partial charge on any atom is 0.0450 e. The number of hydrogen-bond donors (Lipinski definition) is 0. The summed E-state index contributed by atoms with van der Waals surface area (Å²) < 4.78 is 0. The van der Waals surface area contributed by atoms with Crippen molar-refractivity contribution in [1.29, 1.82) is 0 Å². The molecule has 2 aliphatic rings. The highest BCUT2D eigenvalue weighted by molar-refractivity contribution is 5.85. The van der Waals surface area contributed by atoms with E-state index in [0.29, 0.717) is 12.0 Å². The number of likely N-dealkylation sites (N-methyl/N-ethyl adjacent to an activating group) is 1. The molecule has 4 rings (SSSR count). The monoisotopic (exact) mass is 300 g/mol. The van der Waals surface area contributed by atoms with Gasteiger partial charge in [0.2, 0.25) is 0 Å². The van der Waals surface area contributed by atoms with Crippen LogP contribution in [0.5, 0.6) is 0 Å². The van der Waals surface area contributed by atoms with Crippen molar-refractivity contribution in [3.05, 3.63) is 60.2 Å². The van der Waals surface area contributed by atoms with Gasteiger partial charge in [0.15, 0.2) is 0 Å². The summed E-state index contributed by atoms with van der Waals surface area (Å²) in [6, 6.07) is 20.4. The molecular weight excluding hydrogens is 280 g/mol. The molecule has 0 N–H and O–H groups in total. The van der Waals surface area contributed by atoms with E-state index < -0.39 is 0 Å². The maximum absolute atomic E-state index is 2.56. The van der Waals surface area contributed by atoms with Gasteiger partial charge in [-0.1, -0.05) is 36.4 Å². The van der Waals surface area contributed by atoms with Gasteiger partial charge in [-0.05, 0) is 43.8 Å². The summed E-state index contributed by atoms with van der Waals surface area (Å²) in [6.45, 7) is 2.36. The highest BCUT2D eigenvalue weighted by Gasteiger charge is 2.41. The Bertz CT molecular complexity index is 614. The van der Waals surface area contributed by atoms with E-state index in [1.54, 1.807) is 0 Å². The first-order chi connectivity index (χ1) is 9.84. The molecule has 2 nitrogen and oxygen atoms in total. The number of benzene rings is 2. The van der Waals surface area contributed by atoms with Crippen molar-refractivity contribution in [1.82, 2.24) is 4.90 Å². The van der Waals surface area contributed by atoms with E-state index in [-0.39, 0.29) is 12.4 Å². The average molecular weight is 301 g/mol. The minimum absolute atomic E-state index is 0. The molecule has 2 aromatic carbocycles. The van der Waals surface area contributed by atoms with E-state index in [0.717, 1.165) is 0 Å². The Morgan fingerprint density at radius 2 is 1.67 bits per heavy atom. The minimum Gasteiger partial charge on any atom is -0.337 e. The molecule has 0 spiro atoms. The predicted molar refractivity (Wildman–Crippen MR) is 90.9 cm³/mol. The van der Waals surface area contributed by atoms with Crippen molar-refractivity contribution in [3.8, 4) is 0 Å². The van der Waals surface area contributed by atoms with Crippen LogP contribution in [0.1, 0.15) is 17.9 Å². The molecule has 0 radical (unpaired) electrons. The van der Waals surface area contributed by atoms with Crippen molar-refractivity contribution in [2.24, 2.45) is 0 Å². The van der Waals surface area contributed by atoms with Gasteiger partial charge in [-0.2, -0.15) is 0 Å².